The summed E-state index contributed by atoms with van der Waals surface area (Å²) < 4.78 is 24.9. The van der Waals surface area contributed by atoms with Gasteiger partial charge in [-0.25, -0.2) is 19.2 Å². The lowest BCUT2D eigenvalue weighted by atomic mass is 9.96. The van der Waals surface area contributed by atoms with Crippen LogP contribution in [0, 0.1) is 11.7 Å². The zero-order valence-electron chi connectivity index (χ0n) is 23.8. The Hall–Kier alpha value is -3.13. The van der Waals surface area contributed by atoms with E-state index in [0.29, 0.717) is 30.9 Å². The SMILES string of the molecule is COc1ccc(CCN2C[C@H]3N(C(=O)CN(C)N3C(=O)NCc3ccc(F)cc3)[C@@H](CC(C)CI)C2=O)cc1OC. The van der Waals surface area contributed by atoms with Gasteiger partial charge in [0.25, 0.3) is 0 Å². The van der Waals surface area contributed by atoms with Crippen molar-refractivity contribution in [2.24, 2.45) is 5.92 Å². The van der Waals surface area contributed by atoms with E-state index in [1.807, 2.05) is 18.2 Å². The Kier molecular flexibility index (Phi) is 10.3. The molecule has 41 heavy (non-hydrogen) atoms. The van der Waals surface area contributed by atoms with Gasteiger partial charge in [0.2, 0.25) is 11.8 Å². The standard InChI is InChI=1S/C29H37FIN5O5/c1-19(15-31)13-23-28(38)34(12-11-20-7-10-24(40-3)25(14-20)41-4)17-26-35(23)27(37)18-33(2)36(26)29(39)32-16-21-5-8-22(30)9-6-21/h5-10,14,19,23,26H,11-13,15-18H2,1-4H3,(H,32,39)/t19?,23-,26-/m0/s1. The van der Waals surface area contributed by atoms with Gasteiger partial charge >= 0.3 is 6.03 Å². The summed E-state index contributed by atoms with van der Waals surface area (Å²) in [5.41, 5.74) is 1.72. The smallest absolute Gasteiger partial charge is 0.334 e. The van der Waals surface area contributed by atoms with E-state index in [0.717, 1.165) is 15.6 Å². The molecule has 2 aromatic rings. The first-order chi connectivity index (χ1) is 19.7. The van der Waals surface area contributed by atoms with Gasteiger partial charge in [-0.1, -0.05) is 47.7 Å². The molecule has 4 amide bonds. The number of likely N-dealkylation sites (N-methyl/N-ethyl adjacent to an activating group) is 1. The molecule has 3 atom stereocenters. The molecule has 1 N–H and O–H groups in total. The normalized spacial score (nSPS) is 20.1. The van der Waals surface area contributed by atoms with E-state index in [1.165, 1.54) is 17.1 Å². The molecule has 0 aromatic heterocycles. The van der Waals surface area contributed by atoms with E-state index in [1.54, 1.807) is 48.2 Å². The zero-order chi connectivity index (χ0) is 29.7. The molecule has 4 rings (SSSR count). The number of fused-ring (bicyclic) bond motifs is 1. The number of benzene rings is 2. The van der Waals surface area contributed by atoms with E-state index in [4.69, 9.17) is 9.47 Å². The maximum Gasteiger partial charge on any atom is 0.334 e. The third-order valence-corrected chi connectivity index (χ3v) is 9.02. The number of hydrogen-bond acceptors (Lipinski definition) is 6. The second-order valence-corrected chi connectivity index (χ2v) is 11.3. The third kappa shape index (κ3) is 7.03. The van der Waals surface area contributed by atoms with Gasteiger partial charge in [0, 0.05) is 24.6 Å². The van der Waals surface area contributed by atoms with Gasteiger partial charge in [0.15, 0.2) is 11.5 Å². The lowest BCUT2D eigenvalue weighted by Gasteiger charge is -2.54. The van der Waals surface area contributed by atoms with E-state index in [2.05, 4.69) is 34.8 Å². The molecule has 222 valence electrons. The highest BCUT2D eigenvalue weighted by molar-refractivity contribution is 14.1. The fourth-order valence-corrected chi connectivity index (χ4v) is 5.70. The molecule has 2 fully saturated rings. The predicted molar refractivity (Wildman–Crippen MR) is 160 cm³/mol. The monoisotopic (exact) mass is 681 g/mol. The summed E-state index contributed by atoms with van der Waals surface area (Å²) in [6.45, 7) is 2.83. The summed E-state index contributed by atoms with van der Waals surface area (Å²) in [4.78, 5) is 44.1. The Labute approximate surface area is 253 Å². The van der Waals surface area contributed by atoms with Gasteiger partial charge in [0.05, 0.1) is 27.3 Å². The Morgan fingerprint density at radius 3 is 2.44 bits per heavy atom. The topological polar surface area (TPSA) is 94.7 Å². The van der Waals surface area contributed by atoms with E-state index in [-0.39, 0.29) is 43.2 Å². The van der Waals surface area contributed by atoms with Crippen LogP contribution in [0.5, 0.6) is 11.5 Å². The molecule has 0 spiro atoms. The molecule has 12 heteroatoms. The van der Waals surface area contributed by atoms with Gasteiger partial charge in [-0.15, -0.1) is 0 Å². The number of piperazine rings is 1. The van der Waals surface area contributed by atoms with Crippen molar-refractivity contribution in [3.8, 4) is 11.5 Å². The van der Waals surface area contributed by atoms with Crippen LogP contribution >= 0.6 is 22.6 Å². The Morgan fingerprint density at radius 1 is 1.10 bits per heavy atom. The maximum atomic E-state index is 13.8. The number of nitrogens with zero attached hydrogens (tertiary/aromatic N) is 4. The number of methoxy groups -OCH3 is 2. The highest BCUT2D eigenvalue weighted by Gasteiger charge is 2.50. The second kappa shape index (κ2) is 13.7. The van der Waals surface area contributed by atoms with Gasteiger partial charge in [-0.05, 0) is 54.2 Å². The molecule has 2 aliphatic rings. The van der Waals surface area contributed by atoms with Crippen molar-refractivity contribution >= 4 is 40.4 Å². The zero-order valence-corrected chi connectivity index (χ0v) is 26.0. The van der Waals surface area contributed by atoms with Crippen molar-refractivity contribution in [3.63, 3.8) is 0 Å². The number of halogens is 2. The van der Waals surface area contributed by atoms with Crippen LogP contribution in [0.15, 0.2) is 42.5 Å². The molecular formula is C29H37FIN5O5. The van der Waals surface area contributed by atoms with Crippen LogP contribution < -0.4 is 14.8 Å². The number of urea groups is 1. The summed E-state index contributed by atoms with van der Waals surface area (Å²) in [6, 6.07) is 10.5. The molecule has 0 saturated carbocycles. The fraction of sp³-hybridized carbons (Fsp3) is 0.483. The largest absolute Gasteiger partial charge is 0.493 e. The Balaban J connectivity index is 1.57. The lowest BCUT2D eigenvalue weighted by molar-refractivity contribution is -0.187. The summed E-state index contributed by atoms with van der Waals surface area (Å²) >= 11 is 2.29. The summed E-state index contributed by atoms with van der Waals surface area (Å²) in [5.74, 6) is 0.792. The van der Waals surface area contributed by atoms with Crippen LogP contribution in [-0.4, -0.2) is 95.2 Å². The van der Waals surface area contributed by atoms with E-state index in [9.17, 15) is 18.8 Å². The van der Waals surface area contributed by atoms with Gasteiger partial charge < -0.3 is 24.6 Å². The predicted octanol–water partition coefficient (Wildman–Crippen LogP) is 3.28. The van der Waals surface area contributed by atoms with Crippen LogP contribution in [0.1, 0.15) is 24.5 Å². The lowest BCUT2D eigenvalue weighted by Crippen LogP contribution is -2.76. The van der Waals surface area contributed by atoms with Gasteiger partial charge in [-0.2, -0.15) is 0 Å². The summed E-state index contributed by atoms with van der Waals surface area (Å²) in [6.07, 6.45) is 0.406. The molecular weight excluding hydrogens is 644 g/mol. The number of alkyl halides is 1. The minimum absolute atomic E-state index is 0.0193. The van der Waals surface area contributed by atoms with Crippen molar-refractivity contribution in [2.45, 2.75) is 38.5 Å². The number of carbonyl (C=O) groups excluding carboxylic acids is 3. The first-order valence-corrected chi connectivity index (χ1v) is 15.1. The van der Waals surface area contributed by atoms with Gasteiger partial charge in [0.1, 0.15) is 18.0 Å². The second-order valence-electron chi connectivity index (χ2n) is 10.5. The van der Waals surface area contributed by atoms with Crippen LogP contribution in [-0.2, 0) is 22.6 Å². The van der Waals surface area contributed by atoms with Crippen molar-refractivity contribution < 1.29 is 28.2 Å². The number of ether oxygens (including phenoxy) is 2. The summed E-state index contributed by atoms with van der Waals surface area (Å²) in [7, 11) is 4.85. The van der Waals surface area contributed by atoms with Crippen LogP contribution in [0.3, 0.4) is 0 Å². The third-order valence-electron chi connectivity index (χ3n) is 7.51. The molecule has 10 nitrogen and oxygen atoms in total. The highest BCUT2D eigenvalue weighted by atomic mass is 127. The molecule has 2 saturated heterocycles. The molecule has 2 aromatic carbocycles. The van der Waals surface area contributed by atoms with E-state index >= 15 is 0 Å². The Bertz CT molecular complexity index is 1250. The first kappa shape index (κ1) is 30.8. The minimum Gasteiger partial charge on any atom is -0.493 e. The maximum absolute atomic E-state index is 13.8. The fourth-order valence-electron chi connectivity index (χ4n) is 5.34. The number of hydrogen-bond donors (Lipinski definition) is 1. The number of carbonyl (C=O) groups is 3. The average Bonchev–Trinajstić information content (AvgIpc) is 2.96. The van der Waals surface area contributed by atoms with Crippen molar-refractivity contribution in [2.75, 3.05) is 45.3 Å². The number of nitrogens with one attached hydrogen (secondary N) is 1. The van der Waals surface area contributed by atoms with Gasteiger partial charge in [-0.3, -0.25) is 9.59 Å². The quantitative estimate of drug-likeness (QED) is 0.306. The minimum atomic E-state index is -0.669. The molecule has 2 aliphatic heterocycles. The first-order valence-electron chi connectivity index (χ1n) is 13.6. The number of hydrazine groups is 1. The number of amides is 4. The molecule has 0 bridgehead atoms. The van der Waals surface area contributed by atoms with Crippen molar-refractivity contribution in [1.29, 1.82) is 0 Å². The van der Waals surface area contributed by atoms with Crippen molar-refractivity contribution in [3.05, 3.63) is 59.4 Å². The van der Waals surface area contributed by atoms with Crippen molar-refractivity contribution in [1.82, 2.24) is 25.1 Å². The average molecular weight is 682 g/mol. The molecule has 2 heterocycles. The Morgan fingerprint density at radius 2 is 1.78 bits per heavy atom. The molecule has 0 radical (unpaired) electrons. The van der Waals surface area contributed by atoms with E-state index < -0.39 is 18.2 Å². The molecule has 1 unspecified atom stereocenters. The van der Waals surface area contributed by atoms with Crippen LogP contribution in [0.2, 0.25) is 0 Å². The van der Waals surface area contributed by atoms with Crippen LogP contribution in [0.4, 0.5) is 9.18 Å². The summed E-state index contributed by atoms with van der Waals surface area (Å²) in [5, 5.41) is 6.03. The highest BCUT2D eigenvalue weighted by Crippen LogP contribution is 2.31. The molecule has 0 aliphatic carbocycles. The van der Waals surface area contributed by atoms with Crippen LogP contribution in [0.25, 0.3) is 0 Å². The number of rotatable bonds is 10.